The second kappa shape index (κ2) is 5.41. The highest BCUT2D eigenvalue weighted by Gasteiger charge is 2.20. The summed E-state index contributed by atoms with van der Waals surface area (Å²) in [6, 6.07) is 6.06. The van der Waals surface area contributed by atoms with Crippen LogP contribution < -0.4 is 14.8 Å². The number of aryl methyl sites for hydroxylation is 1. The summed E-state index contributed by atoms with van der Waals surface area (Å²) in [5.74, 6) is 3.64. The van der Waals surface area contributed by atoms with E-state index in [1.807, 2.05) is 18.3 Å². The minimum absolute atomic E-state index is 0.332. The molecular formula is C16H19N3O2. The number of hydrogen-bond acceptors (Lipinski definition) is 4. The summed E-state index contributed by atoms with van der Waals surface area (Å²) >= 11 is 0. The van der Waals surface area contributed by atoms with Crippen molar-refractivity contribution < 1.29 is 9.47 Å². The Morgan fingerprint density at radius 1 is 1.33 bits per heavy atom. The molecule has 0 aliphatic carbocycles. The second-order valence-corrected chi connectivity index (χ2v) is 5.68. The van der Waals surface area contributed by atoms with Gasteiger partial charge < -0.3 is 19.4 Å². The minimum atomic E-state index is 0.332. The van der Waals surface area contributed by atoms with Crippen molar-refractivity contribution in [2.75, 3.05) is 13.3 Å². The van der Waals surface area contributed by atoms with Gasteiger partial charge >= 0.3 is 0 Å². The molecule has 1 aromatic carbocycles. The van der Waals surface area contributed by atoms with Crippen LogP contribution in [-0.2, 0) is 19.5 Å². The van der Waals surface area contributed by atoms with Crippen LogP contribution in [0.5, 0.6) is 11.5 Å². The fourth-order valence-corrected chi connectivity index (χ4v) is 3.14. The molecule has 1 aromatic heterocycles. The molecule has 2 aliphatic rings. The number of benzene rings is 1. The molecule has 5 nitrogen and oxygen atoms in total. The van der Waals surface area contributed by atoms with Gasteiger partial charge in [0, 0.05) is 37.5 Å². The summed E-state index contributed by atoms with van der Waals surface area (Å²) in [4.78, 5) is 4.37. The maximum Gasteiger partial charge on any atom is 0.231 e. The van der Waals surface area contributed by atoms with Crippen LogP contribution in [0.3, 0.4) is 0 Å². The van der Waals surface area contributed by atoms with Crippen LogP contribution in [0.1, 0.15) is 17.8 Å². The van der Waals surface area contributed by atoms with E-state index >= 15 is 0 Å². The van der Waals surface area contributed by atoms with Gasteiger partial charge in [-0.2, -0.15) is 0 Å². The van der Waals surface area contributed by atoms with Crippen molar-refractivity contribution in [3.8, 4) is 11.5 Å². The lowest BCUT2D eigenvalue weighted by Crippen LogP contribution is -2.29. The highest BCUT2D eigenvalue weighted by Crippen LogP contribution is 2.35. The first-order valence-electron chi connectivity index (χ1n) is 7.48. The van der Waals surface area contributed by atoms with Gasteiger partial charge in [0.1, 0.15) is 5.82 Å². The number of nitrogens with zero attached hydrogens (tertiary/aromatic N) is 2. The maximum atomic E-state index is 5.53. The van der Waals surface area contributed by atoms with Gasteiger partial charge in [-0.15, -0.1) is 0 Å². The van der Waals surface area contributed by atoms with Crippen LogP contribution in [0.15, 0.2) is 30.6 Å². The topological polar surface area (TPSA) is 48.3 Å². The number of aromatic nitrogens is 2. The monoisotopic (exact) mass is 285 g/mol. The highest BCUT2D eigenvalue weighted by molar-refractivity contribution is 5.48. The van der Waals surface area contributed by atoms with Crippen molar-refractivity contribution in [1.82, 2.24) is 14.9 Å². The lowest BCUT2D eigenvalue weighted by atomic mass is 9.99. The van der Waals surface area contributed by atoms with Gasteiger partial charge in [-0.3, -0.25) is 0 Å². The van der Waals surface area contributed by atoms with Crippen LogP contribution in [0, 0.1) is 5.92 Å². The van der Waals surface area contributed by atoms with Crippen molar-refractivity contribution in [3.63, 3.8) is 0 Å². The smallest absolute Gasteiger partial charge is 0.231 e. The molecule has 0 bridgehead atoms. The zero-order valence-electron chi connectivity index (χ0n) is 11.9. The molecule has 1 N–H and O–H groups in total. The number of nitrogens with one attached hydrogen (secondary N) is 1. The van der Waals surface area contributed by atoms with E-state index in [1.165, 1.54) is 17.8 Å². The molecular weight excluding hydrogens is 266 g/mol. The predicted molar refractivity (Wildman–Crippen MR) is 78.3 cm³/mol. The zero-order chi connectivity index (χ0) is 14.1. The third-order valence-corrected chi connectivity index (χ3v) is 4.26. The average molecular weight is 285 g/mol. The summed E-state index contributed by atoms with van der Waals surface area (Å²) < 4.78 is 13.2. The fourth-order valence-electron chi connectivity index (χ4n) is 3.14. The van der Waals surface area contributed by atoms with E-state index < -0.39 is 0 Å². The van der Waals surface area contributed by atoms with E-state index in [2.05, 4.69) is 27.1 Å². The fraction of sp³-hybridized carbons (Fsp3) is 0.438. The van der Waals surface area contributed by atoms with E-state index in [0.717, 1.165) is 37.6 Å². The number of para-hydroxylation sites is 1. The van der Waals surface area contributed by atoms with E-state index in [0.29, 0.717) is 12.7 Å². The molecule has 0 saturated heterocycles. The number of rotatable bonds is 4. The van der Waals surface area contributed by atoms with Crippen molar-refractivity contribution in [3.05, 3.63) is 42.0 Å². The summed E-state index contributed by atoms with van der Waals surface area (Å²) in [5, 5.41) is 3.55. The molecule has 4 rings (SSSR count). The third-order valence-electron chi connectivity index (χ3n) is 4.26. The van der Waals surface area contributed by atoms with Crippen LogP contribution in [-0.4, -0.2) is 22.9 Å². The van der Waals surface area contributed by atoms with Crippen molar-refractivity contribution in [2.45, 2.75) is 25.9 Å². The summed E-state index contributed by atoms with van der Waals surface area (Å²) in [5.41, 5.74) is 1.17. The summed E-state index contributed by atoms with van der Waals surface area (Å²) in [6.07, 6.45) is 6.26. The second-order valence-electron chi connectivity index (χ2n) is 5.68. The highest BCUT2D eigenvalue weighted by atomic mass is 16.7. The standard InChI is InChI=1S/C16H19N3O2/c1-2-13(16-14(3-1)20-11-21-16)9-17-8-12-4-5-15-18-6-7-19(15)10-12/h1-3,6-7,12,17H,4-5,8-11H2. The van der Waals surface area contributed by atoms with Crippen molar-refractivity contribution >= 4 is 0 Å². The van der Waals surface area contributed by atoms with Crippen molar-refractivity contribution in [1.29, 1.82) is 0 Å². The van der Waals surface area contributed by atoms with Crippen LogP contribution in [0.25, 0.3) is 0 Å². The van der Waals surface area contributed by atoms with E-state index in [9.17, 15) is 0 Å². The molecule has 0 amide bonds. The molecule has 3 heterocycles. The number of imidazole rings is 1. The quantitative estimate of drug-likeness (QED) is 0.933. The van der Waals surface area contributed by atoms with Gasteiger partial charge in [0.05, 0.1) is 0 Å². The normalized spacial score (nSPS) is 19.5. The number of ether oxygens (including phenoxy) is 2. The molecule has 0 fully saturated rings. The Bertz CT molecular complexity index is 638. The molecule has 5 heteroatoms. The van der Waals surface area contributed by atoms with E-state index in [4.69, 9.17) is 9.47 Å². The maximum absolute atomic E-state index is 5.53. The summed E-state index contributed by atoms with van der Waals surface area (Å²) in [6.45, 7) is 3.23. The van der Waals surface area contributed by atoms with Gasteiger partial charge in [0.2, 0.25) is 6.79 Å². The molecule has 1 unspecified atom stereocenters. The van der Waals surface area contributed by atoms with Crippen LogP contribution in [0.4, 0.5) is 0 Å². The van der Waals surface area contributed by atoms with Gasteiger partial charge in [-0.1, -0.05) is 12.1 Å². The van der Waals surface area contributed by atoms with E-state index in [1.54, 1.807) is 0 Å². The SMILES string of the molecule is c1cc(CNCC2CCc3nccn3C2)c2c(c1)OCO2. The molecule has 0 radical (unpaired) electrons. The minimum Gasteiger partial charge on any atom is -0.454 e. The molecule has 0 saturated carbocycles. The lowest BCUT2D eigenvalue weighted by molar-refractivity contribution is 0.173. The Morgan fingerprint density at radius 2 is 2.33 bits per heavy atom. The van der Waals surface area contributed by atoms with Gasteiger partial charge in [-0.25, -0.2) is 4.98 Å². The molecule has 2 aromatic rings. The number of fused-ring (bicyclic) bond motifs is 2. The Kier molecular flexibility index (Phi) is 3.27. The first-order valence-corrected chi connectivity index (χ1v) is 7.48. The van der Waals surface area contributed by atoms with Crippen molar-refractivity contribution in [2.24, 2.45) is 5.92 Å². The Hall–Kier alpha value is -2.01. The number of hydrogen-bond donors (Lipinski definition) is 1. The zero-order valence-corrected chi connectivity index (χ0v) is 11.9. The molecule has 1 atom stereocenters. The Balaban J connectivity index is 1.34. The first-order chi connectivity index (χ1) is 10.4. The third kappa shape index (κ3) is 2.49. The van der Waals surface area contributed by atoms with Gasteiger partial charge in [0.25, 0.3) is 0 Å². The average Bonchev–Trinajstić information content (AvgIpc) is 3.15. The largest absolute Gasteiger partial charge is 0.454 e. The Labute approximate surface area is 123 Å². The molecule has 21 heavy (non-hydrogen) atoms. The Morgan fingerprint density at radius 3 is 3.33 bits per heavy atom. The molecule has 2 aliphatic heterocycles. The molecule has 110 valence electrons. The predicted octanol–water partition coefficient (Wildman–Crippen LogP) is 1.96. The van der Waals surface area contributed by atoms with E-state index in [-0.39, 0.29) is 0 Å². The molecule has 0 spiro atoms. The lowest BCUT2D eigenvalue weighted by Gasteiger charge is -2.24. The van der Waals surface area contributed by atoms with Gasteiger partial charge in [-0.05, 0) is 24.9 Å². The van der Waals surface area contributed by atoms with Gasteiger partial charge in [0.15, 0.2) is 11.5 Å². The van der Waals surface area contributed by atoms with Crippen LogP contribution in [0.2, 0.25) is 0 Å². The summed E-state index contributed by atoms with van der Waals surface area (Å²) in [7, 11) is 0. The first kappa shape index (κ1) is 12.7. The van der Waals surface area contributed by atoms with Crippen LogP contribution >= 0.6 is 0 Å².